The molecule has 2 aromatic carbocycles. The van der Waals surface area contributed by atoms with Crippen molar-refractivity contribution in [2.24, 2.45) is 0 Å². The van der Waals surface area contributed by atoms with Crippen LogP contribution in [0.2, 0.25) is 5.02 Å². The van der Waals surface area contributed by atoms with Crippen LogP contribution in [0.3, 0.4) is 0 Å². The highest BCUT2D eigenvalue weighted by Gasteiger charge is 2.19. The number of hydrogen-bond donors (Lipinski definition) is 1. The fourth-order valence-corrected chi connectivity index (χ4v) is 4.27. The molecule has 0 aliphatic rings. The molecule has 0 fully saturated rings. The van der Waals surface area contributed by atoms with E-state index in [0.717, 1.165) is 11.9 Å². The molecule has 3 aromatic rings. The summed E-state index contributed by atoms with van der Waals surface area (Å²) in [5.74, 6) is -0.0726. The molecule has 1 heterocycles. The molecule has 0 bridgehead atoms. The highest BCUT2D eigenvalue weighted by atomic mass is 35.5. The number of anilines is 1. The van der Waals surface area contributed by atoms with Crippen molar-refractivity contribution in [1.82, 2.24) is 9.55 Å². The average Bonchev–Trinajstić information content (AvgIpc) is 3.08. The van der Waals surface area contributed by atoms with E-state index in [0.29, 0.717) is 21.4 Å². The summed E-state index contributed by atoms with van der Waals surface area (Å²) in [7, 11) is -3.35. The lowest BCUT2D eigenvalue weighted by atomic mass is 10.1. The van der Waals surface area contributed by atoms with Gasteiger partial charge in [0.1, 0.15) is 0 Å². The molecule has 0 saturated carbocycles. The largest absolute Gasteiger partial charge is 0.295 e. The lowest BCUT2D eigenvalue weighted by molar-refractivity contribution is 0.0994. The molecule has 6 nitrogen and oxygen atoms in total. The minimum absolute atomic E-state index is 0.0726. The van der Waals surface area contributed by atoms with Gasteiger partial charge in [0.15, 0.2) is 10.9 Å². The lowest BCUT2D eigenvalue weighted by Crippen LogP contribution is -2.15. The second-order valence-electron chi connectivity index (χ2n) is 6.14. The van der Waals surface area contributed by atoms with Crippen molar-refractivity contribution in [2.45, 2.75) is 17.3 Å². The topological polar surface area (TPSA) is 81.1 Å². The maximum absolute atomic E-state index is 12.8. The van der Waals surface area contributed by atoms with Gasteiger partial charge in [-0.25, -0.2) is 13.4 Å². The number of ketones is 1. The van der Waals surface area contributed by atoms with Gasteiger partial charge in [-0.05, 0) is 49.4 Å². The summed E-state index contributed by atoms with van der Waals surface area (Å²) < 4.78 is 26.8. The van der Waals surface area contributed by atoms with Crippen molar-refractivity contribution in [1.29, 1.82) is 0 Å². The normalized spacial score (nSPS) is 12.5. The molecule has 0 aliphatic carbocycles. The number of sulfonamides is 1. The number of hydrogen-bond acceptors (Lipinski definition) is 5. The fraction of sp³-hybridized carbons (Fsp3) is 0.158. The monoisotopic (exact) mass is 435 g/mol. The van der Waals surface area contributed by atoms with E-state index in [1.165, 1.54) is 11.8 Å². The molecule has 0 spiro atoms. The van der Waals surface area contributed by atoms with Crippen molar-refractivity contribution >= 4 is 44.9 Å². The Morgan fingerprint density at radius 1 is 1.21 bits per heavy atom. The summed E-state index contributed by atoms with van der Waals surface area (Å²) >= 11 is 7.41. The zero-order chi connectivity index (χ0) is 20.3. The van der Waals surface area contributed by atoms with Crippen molar-refractivity contribution in [3.05, 3.63) is 71.5 Å². The van der Waals surface area contributed by atoms with E-state index in [1.807, 2.05) is 35.9 Å². The van der Waals surface area contributed by atoms with Gasteiger partial charge in [0, 0.05) is 34.4 Å². The Labute approximate surface area is 173 Å². The Hall–Kier alpha value is -2.29. The minimum Gasteiger partial charge on any atom is -0.295 e. The molecule has 0 aliphatic heterocycles. The molecule has 28 heavy (non-hydrogen) atoms. The number of rotatable bonds is 7. The third kappa shape index (κ3) is 5.15. The maximum Gasteiger partial charge on any atom is 0.229 e. The molecule has 0 radical (unpaired) electrons. The van der Waals surface area contributed by atoms with Crippen LogP contribution in [0.4, 0.5) is 5.69 Å². The van der Waals surface area contributed by atoms with E-state index >= 15 is 0 Å². The zero-order valence-corrected chi connectivity index (χ0v) is 17.6. The predicted octanol–water partition coefficient (Wildman–Crippen LogP) is 4.26. The number of aromatic nitrogens is 2. The number of carbonyl (C=O) groups excluding carboxylic acids is 1. The molecule has 1 unspecified atom stereocenters. The number of nitrogens with one attached hydrogen (secondary N) is 1. The molecule has 146 valence electrons. The first-order valence-corrected chi connectivity index (χ1v) is 11.5. The summed E-state index contributed by atoms with van der Waals surface area (Å²) in [4.78, 5) is 17.1. The van der Waals surface area contributed by atoms with Crippen molar-refractivity contribution < 1.29 is 13.2 Å². The van der Waals surface area contributed by atoms with Crippen LogP contribution in [0.25, 0.3) is 5.69 Å². The summed E-state index contributed by atoms with van der Waals surface area (Å²) in [5.41, 5.74) is 1.78. The Bertz CT molecular complexity index is 1100. The van der Waals surface area contributed by atoms with Crippen LogP contribution in [0.5, 0.6) is 0 Å². The molecule has 3 rings (SSSR count). The van der Waals surface area contributed by atoms with Crippen molar-refractivity contribution in [3.8, 4) is 5.69 Å². The smallest absolute Gasteiger partial charge is 0.229 e. The number of imidazole rings is 1. The Kier molecular flexibility index (Phi) is 6.12. The first-order valence-electron chi connectivity index (χ1n) is 8.31. The van der Waals surface area contributed by atoms with E-state index in [-0.39, 0.29) is 11.0 Å². The molecular weight excluding hydrogens is 418 g/mol. The molecule has 0 saturated heterocycles. The lowest BCUT2D eigenvalue weighted by Gasteiger charge is -2.13. The Morgan fingerprint density at radius 3 is 2.57 bits per heavy atom. The average molecular weight is 436 g/mol. The van der Waals surface area contributed by atoms with Gasteiger partial charge >= 0.3 is 0 Å². The van der Waals surface area contributed by atoms with Gasteiger partial charge in [-0.3, -0.25) is 14.1 Å². The van der Waals surface area contributed by atoms with Gasteiger partial charge in [-0.2, -0.15) is 0 Å². The Morgan fingerprint density at radius 2 is 1.93 bits per heavy atom. The van der Waals surface area contributed by atoms with Gasteiger partial charge in [-0.15, -0.1) is 0 Å². The van der Waals surface area contributed by atoms with Crippen LogP contribution >= 0.6 is 23.4 Å². The summed E-state index contributed by atoms with van der Waals surface area (Å²) in [6.07, 6.45) is 4.57. The van der Waals surface area contributed by atoms with E-state index < -0.39 is 10.0 Å². The van der Waals surface area contributed by atoms with Crippen LogP contribution in [0, 0.1) is 0 Å². The number of nitrogens with zero attached hydrogens (tertiary/aromatic N) is 2. The van der Waals surface area contributed by atoms with Crippen LogP contribution in [-0.4, -0.2) is 35.3 Å². The zero-order valence-electron chi connectivity index (χ0n) is 15.2. The summed E-state index contributed by atoms with van der Waals surface area (Å²) in [6.45, 7) is 1.81. The quantitative estimate of drug-likeness (QED) is 0.443. The van der Waals surface area contributed by atoms with Crippen molar-refractivity contribution in [2.75, 3.05) is 11.0 Å². The van der Waals surface area contributed by atoms with Gasteiger partial charge in [0.2, 0.25) is 10.0 Å². The second-order valence-corrected chi connectivity index (χ2v) is 9.63. The van der Waals surface area contributed by atoms with Crippen LogP contribution in [-0.2, 0) is 10.0 Å². The van der Waals surface area contributed by atoms with Crippen LogP contribution < -0.4 is 4.72 Å². The van der Waals surface area contributed by atoms with Crippen LogP contribution in [0.15, 0.2) is 66.1 Å². The highest BCUT2D eigenvalue weighted by Crippen LogP contribution is 2.27. The molecular formula is C19H18ClN3O3S2. The third-order valence-electron chi connectivity index (χ3n) is 3.82. The first-order chi connectivity index (χ1) is 13.2. The van der Waals surface area contributed by atoms with Gasteiger partial charge in [-0.1, -0.05) is 29.4 Å². The standard InChI is InChI=1S/C19H18ClN3O3S2/c1-13(18(24)14-6-8-16(9-7-14)22-28(2,25)26)27-19-21-10-11-23(19)17-5-3-4-15(20)12-17/h3-13,22H,1-2H3. The molecule has 9 heteroatoms. The minimum atomic E-state index is -3.35. The SMILES string of the molecule is CC(Sc1nccn1-c1cccc(Cl)c1)C(=O)c1ccc(NS(C)(=O)=O)cc1. The number of halogens is 1. The van der Waals surface area contributed by atoms with E-state index in [4.69, 9.17) is 11.6 Å². The van der Waals surface area contributed by atoms with E-state index in [1.54, 1.807) is 36.5 Å². The van der Waals surface area contributed by atoms with Gasteiger partial charge in [0.05, 0.1) is 11.5 Å². The number of benzene rings is 2. The molecule has 1 atom stereocenters. The van der Waals surface area contributed by atoms with Crippen LogP contribution in [0.1, 0.15) is 17.3 Å². The number of Topliss-reactive ketones (excluding diaryl/α,β-unsaturated/α-hetero) is 1. The van der Waals surface area contributed by atoms with E-state index in [2.05, 4.69) is 9.71 Å². The maximum atomic E-state index is 12.8. The summed E-state index contributed by atoms with van der Waals surface area (Å²) in [5, 5.41) is 0.918. The molecule has 1 N–H and O–H groups in total. The predicted molar refractivity (Wildman–Crippen MR) is 113 cm³/mol. The summed E-state index contributed by atoms with van der Waals surface area (Å²) in [6, 6.07) is 13.7. The fourth-order valence-electron chi connectivity index (χ4n) is 2.56. The molecule has 1 aromatic heterocycles. The highest BCUT2D eigenvalue weighted by molar-refractivity contribution is 8.00. The van der Waals surface area contributed by atoms with Gasteiger partial charge < -0.3 is 0 Å². The Balaban J connectivity index is 1.74. The third-order valence-corrected chi connectivity index (χ3v) is 5.74. The molecule has 0 amide bonds. The number of thioether (sulfide) groups is 1. The van der Waals surface area contributed by atoms with Crippen molar-refractivity contribution in [3.63, 3.8) is 0 Å². The first kappa shape index (κ1) is 20.4. The number of carbonyl (C=O) groups is 1. The van der Waals surface area contributed by atoms with Gasteiger partial charge in [0.25, 0.3) is 0 Å². The van der Waals surface area contributed by atoms with E-state index in [9.17, 15) is 13.2 Å². The second kappa shape index (κ2) is 8.38.